The van der Waals surface area contributed by atoms with Crippen molar-refractivity contribution in [1.29, 1.82) is 0 Å². The summed E-state index contributed by atoms with van der Waals surface area (Å²) in [6.07, 6.45) is -2.39. The third kappa shape index (κ3) is 4.09. The van der Waals surface area contributed by atoms with Gasteiger partial charge >= 0.3 is 6.36 Å². The zero-order valence-electron chi connectivity index (χ0n) is 13.0. The molecule has 2 aliphatic rings. The van der Waals surface area contributed by atoms with E-state index in [1.54, 1.807) is 6.07 Å². The van der Waals surface area contributed by atoms with Gasteiger partial charge in [-0.1, -0.05) is 6.07 Å². The first kappa shape index (κ1) is 16.4. The lowest BCUT2D eigenvalue weighted by Crippen LogP contribution is -2.45. The molecule has 23 heavy (non-hydrogen) atoms. The maximum atomic E-state index is 12.4. The first-order valence-electron chi connectivity index (χ1n) is 7.86. The molecule has 1 aliphatic heterocycles. The Morgan fingerprint density at radius 3 is 2.48 bits per heavy atom. The molecule has 0 aromatic heterocycles. The van der Waals surface area contributed by atoms with E-state index < -0.39 is 6.36 Å². The lowest BCUT2D eigenvalue weighted by Gasteiger charge is -2.36. The lowest BCUT2D eigenvalue weighted by atomic mass is 9.98. The fourth-order valence-corrected chi connectivity index (χ4v) is 3.25. The van der Waals surface area contributed by atoms with Crippen molar-refractivity contribution in [2.24, 2.45) is 5.92 Å². The normalized spacial score (nSPS) is 21.0. The summed E-state index contributed by atoms with van der Waals surface area (Å²) >= 11 is 0. The number of hydrogen-bond donors (Lipinski definition) is 1. The van der Waals surface area contributed by atoms with Gasteiger partial charge in [0.25, 0.3) is 0 Å². The fraction of sp³-hybridized carbons (Fsp3) is 0.625. The maximum Gasteiger partial charge on any atom is 0.573 e. The zero-order chi connectivity index (χ0) is 16.4. The molecular formula is C16H21F3N2O2. The Labute approximate surface area is 133 Å². The number of hydrogen-bond acceptors (Lipinski definition) is 4. The third-order valence-corrected chi connectivity index (χ3v) is 4.37. The summed E-state index contributed by atoms with van der Waals surface area (Å²) in [5.41, 5.74) is 0.950. The molecule has 128 valence electrons. The Bertz CT molecular complexity index is 541. The van der Waals surface area contributed by atoms with E-state index in [2.05, 4.69) is 15.0 Å². The molecule has 0 spiro atoms. The minimum Gasteiger partial charge on any atom is -0.496 e. The number of benzene rings is 1. The van der Waals surface area contributed by atoms with Gasteiger partial charge in [0.1, 0.15) is 11.5 Å². The van der Waals surface area contributed by atoms with E-state index in [0.29, 0.717) is 11.7 Å². The van der Waals surface area contributed by atoms with Crippen molar-refractivity contribution in [2.45, 2.75) is 25.2 Å². The Balaban J connectivity index is 1.86. The molecule has 1 aromatic carbocycles. The van der Waals surface area contributed by atoms with Crippen molar-refractivity contribution in [1.82, 2.24) is 10.2 Å². The summed E-state index contributed by atoms with van der Waals surface area (Å²) < 4.78 is 46.5. The van der Waals surface area contributed by atoms with E-state index in [1.807, 2.05) is 0 Å². The van der Waals surface area contributed by atoms with Crippen molar-refractivity contribution in [3.05, 3.63) is 23.8 Å². The van der Waals surface area contributed by atoms with Crippen LogP contribution in [0.2, 0.25) is 0 Å². The number of alkyl halides is 3. The minimum atomic E-state index is -4.69. The van der Waals surface area contributed by atoms with E-state index in [9.17, 15) is 13.2 Å². The Hall–Kier alpha value is -1.47. The largest absolute Gasteiger partial charge is 0.573 e. The molecule has 0 amide bonds. The number of ether oxygens (including phenoxy) is 2. The molecule has 3 rings (SSSR count). The zero-order valence-corrected chi connectivity index (χ0v) is 13.0. The summed E-state index contributed by atoms with van der Waals surface area (Å²) in [6, 6.07) is 4.63. The topological polar surface area (TPSA) is 33.7 Å². The SMILES string of the molecule is COc1cc(OC(F)(F)F)ccc1[C@H](C1CC1)N1CCNCC1. The molecule has 7 heteroatoms. The molecular weight excluding hydrogens is 309 g/mol. The summed E-state index contributed by atoms with van der Waals surface area (Å²) in [6.45, 7) is 3.73. The van der Waals surface area contributed by atoms with Crippen LogP contribution < -0.4 is 14.8 Å². The first-order valence-corrected chi connectivity index (χ1v) is 7.86. The van der Waals surface area contributed by atoms with Gasteiger partial charge in [-0.15, -0.1) is 13.2 Å². The summed E-state index contributed by atoms with van der Waals surface area (Å²) in [5, 5.41) is 3.33. The fourth-order valence-electron chi connectivity index (χ4n) is 3.25. The smallest absolute Gasteiger partial charge is 0.496 e. The number of nitrogens with one attached hydrogen (secondary N) is 1. The standard InChI is InChI=1S/C16H21F3N2O2/c1-22-14-10-12(23-16(17,18)19)4-5-13(14)15(11-2-3-11)21-8-6-20-7-9-21/h4-5,10-11,15,20H,2-3,6-9H2,1H3/t15-/m0/s1. The van der Waals surface area contributed by atoms with Gasteiger partial charge < -0.3 is 14.8 Å². The van der Waals surface area contributed by atoms with Crippen molar-refractivity contribution in [2.75, 3.05) is 33.3 Å². The molecule has 0 unspecified atom stereocenters. The molecule has 4 nitrogen and oxygen atoms in total. The maximum absolute atomic E-state index is 12.4. The van der Waals surface area contributed by atoms with Crippen LogP contribution in [0.15, 0.2) is 18.2 Å². The van der Waals surface area contributed by atoms with E-state index in [1.165, 1.54) is 19.2 Å². The van der Waals surface area contributed by atoms with Crippen LogP contribution in [0.5, 0.6) is 11.5 Å². The van der Waals surface area contributed by atoms with Gasteiger partial charge in [-0.2, -0.15) is 0 Å². The Morgan fingerprint density at radius 1 is 1.22 bits per heavy atom. The second-order valence-corrected chi connectivity index (χ2v) is 6.02. The Morgan fingerprint density at radius 2 is 1.91 bits per heavy atom. The van der Waals surface area contributed by atoms with Gasteiger partial charge in [0.05, 0.1) is 7.11 Å². The lowest BCUT2D eigenvalue weighted by molar-refractivity contribution is -0.274. The molecule has 1 atom stereocenters. The highest BCUT2D eigenvalue weighted by atomic mass is 19.4. The number of nitrogens with zero attached hydrogens (tertiary/aromatic N) is 1. The van der Waals surface area contributed by atoms with Crippen LogP contribution in [0.3, 0.4) is 0 Å². The molecule has 1 saturated heterocycles. The van der Waals surface area contributed by atoms with Crippen LogP contribution in [0.25, 0.3) is 0 Å². The van der Waals surface area contributed by atoms with Crippen LogP contribution in [-0.2, 0) is 0 Å². The summed E-state index contributed by atoms with van der Waals surface area (Å²) in [5.74, 6) is 0.770. The number of halogens is 3. The predicted molar refractivity (Wildman–Crippen MR) is 79.6 cm³/mol. The quantitative estimate of drug-likeness (QED) is 0.900. The number of rotatable bonds is 5. The van der Waals surface area contributed by atoms with Crippen LogP contribution >= 0.6 is 0 Å². The van der Waals surface area contributed by atoms with Crippen LogP contribution in [0.1, 0.15) is 24.4 Å². The third-order valence-electron chi connectivity index (χ3n) is 4.37. The van der Waals surface area contributed by atoms with Gasteiger partial charge in [-0.25, -0.2) is 0 Å². The molecule has 1 N–H and O–H groups in total. The van der Waals surface area contributed by atoms with Gasteiger partial charge in [-0.05, 0) is 24.8 Å². The highest BCUT2D eigenvalue weighted by molar-refractivity contribution is 5.43. The van der Waals surface area contributed by atoms with Crippen molar-refractivity contribution in [3.63, 3.8) is 0 Å². The predicted octanol–water partition coefficient (Wildman–Crippen LogP) is 2.95. The van der Waals surface area contributed by atoms with Gasteiger partial charge in [0, 0.05) is 43.9 Å². The first-order chi connectivity index (χ1) is 11.0. The molecule has 1 heterocycles. The highest BCUT2D eigenvalue weighted by Crippen LogP contribution is 2.47. The average Bonchev–Trinajstić information content (AvgIpc) is 3.33. The second kappa shape index (κ2) is 6.57. The van der Waals surface area contributed by atoms with Crippen molar-refractivity contribution >= 4 is 0 Å². The van der Waals surface area contributed by atoms with Crippen molar-refractivity contribution < 1.29 is 22.6 Å². The van der Waals surface area contributed by atoms with Gasteiger partial charge in [-0.3, -0.25) is 4.90 Å². The molecule has 1 aliphatic carbocycles. The monoisotopic (exact) mass is 330 g/mol. The molecule has 0 radical (unpaired) electrons. The van der Waals surface area contributed by atoms with E-state index in [4.69, 9.17) is 4.74 Å². The Kier molecular flexibility index (Phi) is 4.68. The number of methoxy groups -OCH3 is 1. The number of piperazine rings is 1. The molecule has 1 saturated carbocycles. The summed E-state index contributed by atoms with van der Waals surface area (Å²) in [7, 11) is 1.48. The van der Waals surface area contributed by atoms with Crippen LogP contribution in [0.4, 0.5) is 13.2 Å². The molecule has 0 bridgehead atoms. The van der Waals surface area contributed by atoms with E-state index in [-0.39, 0.29) is 11.8 Å². The molecule has 1 aromatic rings. The highest BCUT2D eigenvalue weighted by Gasteiger charge is 2.38. The van der Waals surface area contributed by atoms with E-state index >= 15 is 0 Å². The van der Waals surface area contributed by atoms with Crippen LogP contribution in [-0.4, -0.2) is 44.6 Å². The summed E-state index contributed by atoms with van der Waals surface area (Å²) in [4.78, 5) is 2.40. The second-order valence-electron chi connectivity index (χ2n) is 6.02. The van der Waals surface area contributed by atoms with E-state index in [0.717, 1.165) is 44.6 Å². The van der Waals surface area contributed by atoms with Gasteiger partial charge in [0.15, 0.2) is 0 Å². The van der Waals surface area contributed by atoms with Crippen LogP contribution in [0, 0.1) is 5.92 Å². The average molecular weight is 330 g/mol. The minimum absolute atomic E-state index is 0.201. The molecule has 2 fully saturated rings. The van der Waals surface area contributed by atoms with Crippen molar-refractivity contribution in [3.8, 4) is 11.5 Å². The van der Waals surface area contributed by atoms with Gasteiger partial charge in [0.2, 0.25) is 0 Å².